The number of aromatic nitrogens is 2. The van der Waals surface area contributed by atoms with Crippen LogP contribution in [0.2, 0.25) is 10.0 Å². The largest absolute Gasteiger partial charge is 0.380 e. The van der Waals surface area contributed by atoms with Crippen LogP contribution in [0.25, 0.3) is 0 Å². The van der Waals surface area contributed by atoms with Crippen LogP contribution in [0, 0.1) is 0 Å². The van der Waals surface area contributed by atoms with Crippen LogP contribution in [-0.2, 0) is 17.1 Å². The van der Waals surface area contributed by atoms with Crippen molar-refractivity contribution in [3.8, 4) is 0 Å². The number of imidazole rings is 1. The van der Waals surface area contributed by atoms with Gasteiger partial charge in [0.1, 0.15) is 0 Å². The van der Waals surface area contributed by atoms with Crippen molar-refractivity contribution in [1.82, 2.24) is 13.9 Å². The highest BCUT2D eigenvalue weighted by Gasteiger charge is 2.41. The highest BCUT2D eigenvalue weighted by Crippen LogP contribution is 2.36. The zero-order chi connectivity index (χ0) is 20.6. The number of aryl methyl sites for hydroxylation is 1. The maximum atomic E-state index is 13.1. The highest BCUT2D eigenvalue weighted by atomic mass is 35.5. The Morgan fingerprint density at radius 1 is 1.07 bits per heavy atom. The van der Waals surface area contributed by atoms with Gasteiger partial charge in [-0.3, -0.25) is 0 Å². The van der Waals surface area contributed by atoms with Crippen molar-refractivity contribution in [2.45, 2.75) is 17.0 Å². The second-order valence-electron chi connectivity index (χ2n) is 7.09. The Balaban J connectivity index is 1.67. The van der Waals surface area contributed by atoms with Crippen LogP contribution in [0.1, 0.15) is 11.5 Å². The van der Waals surface area contributed by atoms with Crippen molar-refractivity contribution in [2.75, 3.05) is 18.4 Å². The molecule has 0 unspecified atom stereocenters. The first-order valence-electron chi connectivity index (χ1n) is 9.09. The van der Waals surface area contributed by atoms with Crippen molar-refractivity contribution < 1.29 is 8.42 Å². The lowest BCUT2D eigenvalue weighted by Crippen LogP contribution is -2.32. The van der Waals surface area contributed by atoms with Crippen molar-refractivity contribution in [3.63, 3.8) is 0 Å². The number of benzene rings is 2. The SMILES string of the molecule is Cn1cnc(S(=O)(=O)N2C[C@H](Nc3ccc(Cl)cc3)[C@@H](c3ccccc3Cl)C2)c1. The van der Waals surface area contributed by atoms with E-state index < -0.39 is 10.0 Å². The van der Waals surface area contributed by atoms with Crippen LogP contribution in [0.3, 0.4) is 0 Å². The number of sulfonamides is 1. The number of rotatable bonds is 5. The van der Waals surface area contributed by atoms with Crippen LogP contribution in [0.4, 0.5) is 5.69 Å². The molecule has 1 N–H and O–H groups in total. The van der Waals surface area contributed by atoms with Gasteiger partial charge in [0.25, 0.3) is 10.0 Å². The maximum Gasteiger partial charge on any atom is 0.262 e. The van der Waals surface area contributed by atoms with Gasteiger partial charge in [-0.15, -0.1) is 0 Å². The fourth-order valence-corrected chi connectivity index (χ4v) is 5.48. The van der Waals surface area contributed by atoms with Gasteiger partial charge in [-0.25, -0.2) is 13.4 Å². The second-order valence-corrected chi connectivity index (χ2v) is 9.81. The van der Waals surface area contributed by atoms with Crippen molar-refractivity contribution >= 4 is 38.9 Å². The summed E-state index contributed by atoms with van der Waals surface area (Å²) in [6, 6.07) is 14.7. The Bertz CT molecular complexity index is 1120. The van der Waals surface area contributed by atoms with Crippen LogP contribution < -0.4 is 5.32 Å². The quantitative estimate of drug-likeness (QED) is 0.637. The Morgan fingerprint density at radius 2 is 1.79 bits per heavy atom. The fourth-order valence-electron chi connectivity index (χ4n) is 3.62. The Kier molecular flexibility index (Phi) is 5.57. The summed E-state index contributed by atoms with van der Waals surface area (Å²) in [6.45, 7) is 0.616. The molecule has 1 aromatic heterocycles. The van der Waals surface area contributed by atoms with Gasteiger partial charge in [0, 0.05) is 54.0 Å². The predicted octanol–water partition coefficient (Wildman–Crippen LogP) is 4.00. The minimum absolute atomic E-state index is 0.0463. The van der Waals surface area contributed by atoms with E-state index in [0.29, 0.717) is 23.1 Å². The van der Waals surface area contributed by atoms with Crippen molar-refractivity contribution in [2.24, 2.45) is 7.05 Å². The molecule has 0 bridgehead atoms. The number of nitrogens with zero attached hydrogens (tertiary/aromatic N) is 3. The normalized spacial score (nSPS) is 20.1. The minimum atomic E-state index is -3.71. The third-order valence-electron chi connectivity index (χ3n) is 5.07. The smallest absolute Gasteiger partial charge is 0.262 e. The van der Waals surface area contributed by atoms with Gasteiger partial charge in [0.15, 0.2) is 5.03 Å². The number of anilines is 1. The summed E-state index contributed by atoms with van der Waals surface area (Å²) in [5.41, 5.74) is 1.79. The molecule has 0 amide bonds. The Labute approximate surface area is 180 Å². The lowest BCUT2D eigenvalue weighted by molar-refractivity contribution is 0.468. The molecule has 29 heavy (non-hydrogen) atoms. The van der Waals surface area contributed by atoms with Gasteiger partial charge in [0.05, 0.1) is 6.33 Å². The van der Waals surface area contributed by atoms with E-state index in [2.05, 4.69) is 10.3 Å². The average molecular weight is 451 g/mol. The van der Waals surface area contributed by atoms with Gasteiger partial charge in [-0.1, -0.05) is 41.4 Å². The molecule has 3 aromatic rings. The third-order valence-corrected chi connectivity index (χ3v) is 7.39. The van der Waals surface area contributed by atoms with E-state index in [4.69, 9.17) is 23.2 Å². The molecule has 0 aliphatic carbocycles. The van der Waals surface area contributed by atoms with Crippen LogP contribution in [-0.4, -0.2) is 41.4 Å². The number of hydrogen-bond donors (Lipinski definition) is 1. The van der Waals surface area contributed by atoms with E-state index in [1.165, 1.54) is 16.8 Å². The summed E-state index contributed by atoms with van der Waals surface area (Å²) in [5.74, 6) is -0.113. The van der Waals surface area contributed by atoms with Gasteiger partial charge in [-0.05, 0) is 35.9 Å². The minimum Gasteiger partial charge on any atom is -0.380 e. The second kappa shape index (κ2) is 7.99. The van der Waals surface area contributed by atoms with Gasteiger partial charge >= 0.3 is 0 Å². The highest BCUT2D eigenvalue weighted by molar-refractivity contribution is 7.89. The molecular weight excluding hydrogens is 431 g/mol. The number of halogens is 2. The lowest BCUT2D eigenvalue weighted by Gasteiger charge is -2.22. The molecule has 6 nitrogen and oxygen atoms in total. The van der Waals surface area contributed by atoms with Crippen LogP contribution in [0.15, 0.2) is 66.1 Å². The molecule has 1 fully saturated rings. The van der Waals surface area contributed by atoms with E-state index in [1.807, 2.05) is 36.4 Å². The molecule has 2 heterocycles. The summed E-state index contributed by atoms with van der Waals surface area (Å²) >= 11 is 12.4. The first kappa shape index (κ1) is 20.2. The van der Waals surface area contributed by atoms with Gasteiger partial charge in [0.2, 0.25) is 0 Å². The lowest BCUT2D eigenvalue weighted by atomic mass is 9.94. The topological polar surface area (TPSA) is 67.2 Å². The first-order valence-corrected chi connectivity index (χ1v) is 11.3. The molecule has 0 radical (unpaired) electrons. The van der Waals surface area contributed by atoms with Crippen molar-refractivity contribution in [1.29, 1.82) is 0 Å². The number of nitrogens with one attached hydrogen (secondary N) is 1. The van der Waals surface area contributed by atoms with E-state index in [-0.39, 0.29) is 17.0 Å². The maximum absolute atomic E-state index is 13.1. The molecule has 9 heteroatoms. The molecule has 2 aromatic carbocycles. The average Bonchev–Trinajstić information content (AvgIpc) is 3.31. The molecule has 2 atom stereocenters. The number of hydrogen-bond acceptors (Lipinski definition) is 4. The zero-order valence-electron chi connectivity index (χ0n) is 15.7. The summed E-state index contributed by atoms with van der Waals surface area (Å²) in [7, 11) is -1.96. The van der Waals surface area contributed by atoms with Gasteiger partial charge < -0.3 is 9.88 Å². The van der Waals surface area contributed by atoms with E-state index in [1.54, 1.807) is 23.7 Å². The van der Waals surface area contributed by atoms with E-state index >= 15 is 0 Å². The molecule has 0 spiro atoms. The molecular formula is C20H20Cl2N4O2S. The van der Waals surface area contributed by atoms with E-state index in [0.717, 1.165) is 11.3 Å². The summed E-state index contributed by atoms with van der Waals surface area (Å²) in [5, 5.41) is 4.77. The van der Waals surface area contributed by atoms with Crippen molar-refractivity contribution in [3.05, 3.63) is 76.7 Å². The monoisotopic (exact) mass is 450 g/mol. The molecule has 152 valence electrons. The van der Waals surface area contributed by atoms with Crippen LogP contribution >= 0.6 is 23.2 Å². The standard InChI is InChI=1S/C20H20Cl2N4O2S/c1-25-12-20(23-13-25)29(27,28)26-10-17(16-4-2-3-5-18(16)22)19(11-26)24-15-8-6-14(21)7-9-15/h2-9,12-13,17,19,24H,10-11H2,1H3/t17-,19+/m1/s1. The zero-order valence-corrected chi connectivity index (χ0v) is 18.0. The first-order chi connectivity index (χ1) is 13.8. The fraction of sp³-hybridized carbons (Fsp3) is 0.250. The summed E-state index contributed by atoms with van der Waals surface area (Å²) in [4.78, 5) is 4.04. The summed E-state index contributed by atoms with van der Waals surface area (Å²) in [6.07, 6.45) is 3.00. The molecule has 1 saturated heterocycles. The summed E-state index contributed by atoms with van der Waals surface area (Å²) < 4.78 is 29.3. The third kappa shape index (κ3) is 4.14. The Morgan fingerprint density at radius 3 is 2.45 bits per heavy atom. The van der Waals surface area contributed by atoms with Gasteiger partial charge in [-0.2, -0.15) is 4.31 Å². The van der Waals surface area contributed by atoms with E-state index in [9.17, 15) is 8.42 Å². The molecule has 0 saturated carbocycles. The molecule has 1 aliphatic rings. The molecule has 1 aliphatic heterocycles. The molecule has 4 rings (SSSR count). The Hall–Kier alpha value is -2.06. The van der Waals surface area contributed by atoms with Crippen LogP contribution in [0.5, 0.6) is 0 Å². The predicted molar refractivity (Wildman–Crippen MR) is 115 cm³/mol.